The smallest absolute Gasteiger partial charge is 0.193 e. The molecule has 0 amide bonds. The first-order valence-electron chi connectivity index (χ1n) is 5.35. The van der Waals surface area contributed by atoms with Crippen LogP contribution < -0.4 is 0 Å². The number of ketones is 1. The Morgan fingerprint density at radius 3 is 2.62 bits per heavy atom. The number of hydrogen-bond acceptors (Lipinski definition) is 3. The molecule has 0 radical (unpaired) electrons. The van der Waals surface area contributed by atoms with Gasteiger partial charge in [-0.2, -0.15) is 0 Å². The summed E-state index contributed by atoms with van der Waals surface area (Å²) in [5.74, 6) is 0.0662. The van der Waals surface area contributed by atoms with Gasteiger partial charge in [-0.15, -0.1) is 0 Å². The molecule has 0 saturated carbocycles. The molecule has 0 spiro atoms. The van der Waals surface area contributed by atoms with E-state index in [0.29, 0.717) is 12.2 Å². The summed E-state index contributed by atoms with van der Waals surface area (Å²) in [5.41, 5.74) is 0.321. The van der Waals surface area contributed by atoms with Crippen molar-refractivity contribution in [2.24, 2.45) is 7.05 Å². The first-order chi connectivity index (χ1) is 7.38. The number of aryl methyl sites for hydroxylation is 1. The van der Waals surface area contributed by atoms with Gasteiger partial charge in [-0.25, -0.2) is 0 Å². The van der Waals surface area contributed by atoms with Crippen LogP contribution in [0.4, 0.5) is 0 Å². The van der Waals surface area contributed by atoms with Crippen LogP contribution in [0, 0.1) is 0 Å². The molecule has 1 N–H and O–H groups in total. The number of aromatic nitrogens is 1. The van der Waals surface area contributed by atoms with Crippen LogP contribution in [-0.4, -0.2) is 46.1 Å². The van der Waals surface area contributed by atoms with E-state index in [1.807, 2.05) is 55.7 Å². The second-order valence-corrected chi connectivity index (χ2v) is 4.75. The maximum atomic E-state index is 12.0. The SMILES string of the molecule is CN(CC(=O)c1cccn1C)C(C)(C)CO. The third-order valence-corrected chi connectivity index (χ3v) is 3.03. The molecule has 0 bridgehead atoms. The van der Waals surface area contributed by atoms with Gasteiger partial charge in [-0.3, -0.25) is 9.69 Å². The average molecular weight is 224 g/mol. The molecule has 16 heavy (non-hydrogen) atoms. The number of hydrogen-bond donors (Lipinski definition) is 1. The minimum absolute atomic E-state index is 0.0317. The van der Waals surface area contributed by atoms with Gasteiger partial charge in [0.05, 0.1) is 18.8 Å². The van der Waals surface area contributed by atoms with Crippen molar-refractivity contribution in [2.75, 3.05) is 20.2 Å². The molecule has 1 aromatic rings. The quantitative estimate of drug-likeness (QED) is 0.756. The third-order valence-electron chi connectivity index (χ3n) is 3.03. The number of Topliss-reactive ketones (excluding diaryl/α,β-unsaturated/α-hetero) is 1. The summed E-state index contributed by atoms with van der Waals surface area (Å²) in [6.45, 7) is 4.16. The predicted octanol–water partition coefficient (Wildman–Crippen LogP) is 0.911. The van der Waals surface area contributed by atoms with Crippen LogP contribution in [0.2, 0.25) is 0 Å². The van der Waals surface area contributed by atoms with Gasteiger partial charge in [0.2, 0.25) is 0 Å². The van der Waals surface area contributed by atoms with E-state index in [0.717, 1.165) is 0 Å². The second kappa shape index (κ2) is 4.80. The fourth-order valence-electron chi connectivity index (χ4n) is 1.38. The van der Waals surface area contributed by atoms with Crippen molar-refractivity contribution >= 4 is 5.78 Å². The van der Waals surface area contributed by atoms with E-state index in [1.165, 1.54) is 0 Å². The van der Waals surface area contributed by atoms with E-state index >= 15 is 0 Å². The van der Waals surface area contributed by atoms with Gasteiger partial charge in [-0.05, 0) is 33.0 Å². The van der Waals surface area contributed by atoms with Gasteiger partial charge in [0.1, 0.15) is 0 Å². The van der Waals surface area contributed by atoms with Crippen molar-refractivity contribution in [1.82, 2.24) is 9.47 Å². The zero-order valence-corrected chi connectivity index (χ0v) is 10.4. The van der Waals surface area contributed by atoms with Crippen LogP contribution in [0.5, 0.6) is 0 Å². The Bertz CT molecular complexity index is 369. The van der Waals surface area contributed by atoms with Gasteiger partial charge in [0.15, 0.2) is 5.78 Å². The molecule has 4 heteroatoms. The van der Waals surface area contributed by atoms with Crippen LogP contribution >= 0.6 is 0 Å². The lowest BCUT2D eigenvalue weighted by Crippen LogP contribution is -2.46. The summed E-state index contributed by atoms with van der Waals surface area (Å²) in [4.78, 5) is 13.8. The van der Waals surface area contributed by atoms with E-state index in [9.17, 15) is 9.90 Å². The average Bonchev–Trinajstić information content (AvgIpc) is 2.64. The largest absolute Gasteiger partial charge is 0.394 e. The Kier molecular flexibility index (Phi) is 3.88. The maximum Gasteiger partial charge on any atom is 0.193 e. The lowest BCUT2D eigenvalue weighted by Gasteiger charge is -2.33. The van der Waals surface area contributed by atoms with Crippen LogP contribution in [-0.2, 0) is 7.05 Å². The van der Waals surface area contributed by atoms with Crippen molar-refractivity contribution in [2.45, 2.75) is 19.4 Å². The van der Waals surface area contributed by atoms with Gasteiger partial charge < -0.3 is 9.67 Å². The summed E-state index contributed by atoms with van der Waals surface area (Å²) in [5, 5.41) is 9.20. The minimum Gasteiger partial charge on any atom is -0.394 e. The first kappa shape index (κ1) is 12.9. The molecule has 0 unspecified atom stereocenters. The molecule has 4 nitrogen and oxygen atoms in total. The highest BCUT2D eigenvalue weighted by atomic mass is 16.3. The molecule has 0 aliphatic carbocycles. The molecule has 1 aromatic heterocycles. The summed E-state index contributed by atoms with van der Waals surface area (Å²) < 4.78 is 1.81. The summed E-state index contributed by atoms with van der Waals surface area (Å²) in [7, 11) is 3.70. The zero-order chi connectivity index (χ0) is 12.3. The van der Waals surface area contributed by atoms with E-state index in [1.54, 1.807) is 0 Å². The van der Waals surface area contributed by atoms with Gasteiger partial charge in [0, 0.05) is 18.8 Å². The van der Waals surface area contributed by atoms with Crippen molar-refractivity contribution < 1.29 is 9.90 Å². The Balaban J connectivity index is 2.69. The fourth-order valence-corrected chi connectivity index (χ4v) is 1.38. The summed E-state index contributed by atoms with van der Waals surface area (Å²) in [6.07, 6.45) is 1.85. The molecule has 1 heterocycles. The molecule has 0 saturated heterocycles. The number of aliphatic hydroxyl groups is 1. The van der Waals surface area contributed by atoms with Crippen LogP contribution in [0.3, 0.4) is 0 Å². The van der Waals surface area contributed by atoms with Crippen LogP contribution in [0.1, 0.15) is 24.3 Å². The summed E-state index contributed by atoms with van der Waals surface area (Å²) >= 11 is 0. The highest BCUT2D eigenvalue weighted by Crippen LogP contribution is 2.12. The van der Waals surface area contributed by atoms with E-state index < -0.39 is 0 Å². The van der Waals surface area contributed by atoms with E-state index in [2.05, 4.69) is 0 Å². The standard InChI is InChI=1S/C12H20N2O2/c1-12(2,9-15)14(4)8-11(16)10-6-5-7-13(10)3/h5-7,15H,8-9H2,1-4H3. The minimum atomic E-state index is -0.374. The number of carbonyl (C=O) groups is 1. The summed E-state index contributed by atoms with van der Waals surface area (Å²) in [6, 6.07) is 3.66. The molecule has 1 rings (SSSR count). The molecular formula is C12H20N2O2. The maximum absolute atomic E-state index is 12.0. The number of likely N-dealkylation sites (N-methyl/N-ethyl adjacent to an activating group) is 1. The Labute approximate surface area is 96.5 Å². The highest BCUT2D eigenvalue weighted by Gasteiger charge is 2.25. The van der Waals surface area contributed by atoms with Crippen molar-refractivity contribution in [3.05, 3.63) is 24.0 Å². The van der Waals surface area contributed by atoms with Crippen molar-refractivity contribution in [1.29, 1.82) is 0 Å². The number of carbonyl (C=O) groups excluding carboxylic acids is 1. The predicted molar refractivity (Wildman–Crippen MR) is 63.5 cm³/mol. The fraction of sp³-hybridized carbons (Fsp3) is 0.583. The van der Waals surface area contributed by atoms with Crippen LogP contribution in [0.25, 0.3) is 0 Å². The van der Waals surface area contributed by atoms with E-state index in [-0.39, 0.29) is 17.9 Å². The molecular weight excluding hydrogens is 204 g/mol. The monoisotopic (exact) mass is 224 g/mol. The van der Waals surface area contributed by atoms with Crippen molar-refractivity contribution in [3.8, 4) is 0 Å². The zero-order valence-electron chi connectivity index (χ0n) is 10.4. The second-order valence-electron chi connectivity index (χ2n) is 4.75. The lowest BCUT2D eigenvalue weighted by atomic mass is 10.0. The Hall–Kier alpha value is -1.13. The topological polar surface area (TPSA) is 45.5 Å². The third kappa shape index (κ3) is 2.71. The highest BCUT2D eigenvalue weighted by molar-refractivity contribution is 5.96. The number of nitrogens with zero attached hydrogens (tertiary/aromatic N) is 2. The number of aliphatic hydroxyl groups excluding tert-OH is 1. The Morgan fingerprint density at radius 2 is 2.19 bits per heavy atom. The Morgan fingerprint density at radius 1 is 1.56 bits per heavy atom. The van der Waals surface area contributed by atoms with Gasteiger partial charge in [-0.1, -0.05) is 0 Å². The molecule has 0 aliphatic heterocycles. The molecule has 90 valence electrons. The molecule has 0 aliphatic rings. The van der Waals surface area contributed by atoms with Gasteiger partial charge >= 0.3 is 0 Å². The molecule has 0 fully saturated rings. The van der Waals surface area contributed by atoms with Crippen molar-refractivity contribution in [3.63, 3.8) is 0 Å². The lowest BCUT2D eigenvalue weighted by molar-refractivity contribution is 0.0654. The van der Waals surface area contributed by atoms with Crippen LogP contribution in [0.15, 0.2) is 18.3 Å². The molecule has 0 aromatic carbocycles. The van der Waals surface area contributed by atoms with E-state index in [4.69, 9.17) is 0 Å². The normalized spacial score (nSPS) is 12.1. The first-order valence-corrected chi connectivity index (χ1v) is 5.35. The number of rotatable bonds is 5. The van der Waals surface area contributed by atoms with Gasteiger partial charge in [0.25, 0.3) is 0 Å². The molecule has 0 atom stereocenters.